The molecule has 84 heavy (non-hydrogen) atoms. The van der Waals surface area contributed by atoms with Crippen molar-refractivity contribution in [1.29, 1.82) is 0 Å². The molecule has 8 N–H and O–H groups in total. The van der Waals surface area contributed by atoms with E-state index < -0.39 is 90.5 Å². The minimum atomic E-state index is -5.97. The van der Waals surface area contributed by atoms with Gasteiger partial charge in [0.25, 0.3) is 11.8 Å². The van der Waals surface area contributed by atoms with Gasteiger partial charge >= 0.3 is 13.3 Å². The number of primary amides is 1. The highest BCUT2D eigenvalue weighted by Gasteiger charge is 2.51. The van der Waals surface area contributed by atoms with E-state index in [1.165, 1.54) is 26.8 Å². The molecule has 21 nitrogen and oxygen atoms in total. The second kappa shape index (κ2) is 25.8. The third-order valence-corrected chi connectivity index (χ3v) is 16.6. The highest BCUT2D eigenvalue weighted by Crippen LogP contribution is 2.59. The summed E-state index contributed by atoms with van der Waals surface area (Å²) < 4.78 is 41.3. The molecule has 5 atom stereocenters. The van der Waals surface area contributed by atoms with Gasteiger partial charge in [0.2, 0.25) is 41.4 Å². The van der Waals surface area contributed by atoms with Crippen LogP contribution in [-0.4, -0.2) is 126 Å². The molecule has 9 rings (SSSR count). The van der Waals surface area contributed by atoms with E-state index in [1.54, 1.807) is 18.2 Å². The predicted molar refractivity (Wildman–Crippen MR) is 299 cm³/mol. The monoisotopic (exact) mass is 1170 g/mol. The fraction of sp³-hybridized carbons (Fsp3) is 0.367. The van der Waals surface area contributed by atoms with Gasteiger partial charge in [-0.15, -0.1) is 0 Å². The molecule has 0 radical (unpaired) electrons. The van der Waals surface area contributed by atoms with Crippen LogP contribution in [0.5, 0.6) is 0 Å². The van der Waals surface area contributed by atoms with Crippen LogP contribution in [0, 0.1) is 11.8 Å². The molecule has 1 aromatic heterocycles. The van der Waals surface area contributed by atoms with Crippen molar-refractivity contribution in [2.24, 2.45) is 5.73 Å². The number of carbonyl (C=O) groups excluding carboxylic acids is 9. The Kier molecular flexibility index (Phi) is 18.4. The highest BCUT2D eigenvalue weighted by atomic mass is 31.2. The number of amides is 9. The summed E-state index contributed by atoms with van der Waals surface area (Å²) in [4.78, 5) is 149. The Morgan fingerprint density at radius 3 is 2.24 bits per heavy atom. The van der Waals surface area contributed by atoms with Crippen LogP contribution in [0.4, 0.5) is 8.78 Å². The van der Waals surface area contributed by atoms with Gasteiger partial charge in [-0.3, -0.25) is 53.0 Å². The van der Waals surface area contributed by atoms with Gasteiger partial charge < -0.3 is 46.2 Å². The van der Waals surface area contributed by atoms with Crippen molar-refractivity contribution < 1.29 is 66.3 Å². The van der Waals surface area contributed by atoms with Crippen LogP contribution < -0.4 is 27.0 Å². The zero-order chi connectivity index (χ0) is 59.9. The Morgan fingerprint density at radius 2 is 1.55 bits per heavy atom. The lowest BCUT2D eigenvalue weighted by atomic mass is 9.98. The van der Waals surface area contributed by atoms with Crippen LogP contribution in [0.1, 0.15) is 132 Å². The number of hydrogen-bond donors (Lipinski definition) is 7. The third kappa shape index (κ3) is 13.5. The topological polar surface area (TPSA) is 308 Å². The number of unbranched alkanes of at least 4 members (excludes halogenated alkanes) is 3. The average Bonchev–Trinajstić information content (AvgIpc) is 2.63. The second-order valence-electron chi connectivity index (χ2n) is 21.3. The maximum Gasteiger partial charge on any atom is 0.399 e. The number of benzene rings is 4. The minimum absolute atomic E-state index is 0.0597. The number of nitrogens with one attached hydrogen (secondary N) is 4. The number of rotatable bonds is 19. The molecule has 0 saturated carbocycles. The Balaban J connectivity index is 0.896. The van der Waals surface area contributed by atoms with Crippen molar-refractivity contribution in [2.75, 3.05) is 13.1 Å². The lowest BCUT2D eigenvalue weighted by Gasteiger charge is -2.39. The molecule has 3 saturated heterocycles. The summed E-state index contributed by atoms with van der Waals surface area (Å²) in [5.74, 6) is 1.00. The van der Waals surface area contributed by atoms with Crippen molar-refractivity contribution in [3.8, 4) is 11.8 Å². The highest BCUT2D eigenvalue weighted by molar-refractivity contribution is 7.52. The number of imide groups is 1. The lowest BCUT2D eigenvalue weighted by Crippen LogP contribution is -2.62. The molecule has 0 spiro atoms. The van der Waals surface area contributed by atoms with Crippen molar-refractivity contribution in [3.63, 3.8) is 0 Å². The molecule has 9 amide bonds. The molecule has 3 fully saturated rings. The van der Waals surface area contributed by atoms with Crippen LogP contribution >= 0.6 is 7.60 Å². The molecule has 0 aliphatic carbocycles. The Labute approximate surface area is 481 Å². The minimum Gasteiger partial charge on any atom is -0.370 e. The number of nitrogens with two attached hydrogens (primary N) is 1. The fourth-order valence-electron chi connectivity index (χ4n) is 11.2. The molecule has 5 aromatic rings. The predicted octanol–water partition coefficient (Wildman–Crippen LogP) is 4.57. The molecular weight excluding hydrogens is 1110 g/mol. The van der Waals surface area contributed by atoms with E-state index in [0.717, 1.165) is 29.3 Å². The van der Waals surface area contributed by atoms with Gasteiger partial charge in [0.15, 0.2) is 0 Å². The van der Waals surface area contributed by atoms with Gasteiger partial charge in [-0.2, -0.15) is 8.78 Å². The number of pyridine rings is 1. The molecule has 4 aliphatic rings. The molecule has 0 bridgehead atoms. The number of aromatic nitrogens is 1. The van der Waals surface area contributed by atoms with E-state index in [-0.39, 0.29) is 98.9 Å². The number of hydrogen-bond acceptors (Lipinski definition) is 11. The van der Waals surface area contributed by atoms with E-state index in [4.69, 9.17) is 5.73 Å². The average molecular weight is 1170 g/mol. The molecule has 4 aromatic carbocycles. The molecule has 2 unspecified atom stereocenters. The first kappa shape index (κ1) is 59.9. The SMILES string of the molecule is NC(=O)CCC(NC(=O)[C@@H]1CC[C@@H]2CCN(C(=O)CCCCCC#Cc3cccc4c3CN(C3CCC(=O)NC3=O)C4=O)C[C@H](NC(=O)c3ccc4ccc(C(F)(F)P(=O)(O)O)cc4n3)C(=O)N21)C(=O)NC(c1ccccc1)c1ccccc1. The third-order valence-electron chi connectivity index (χ3n) is 15.7. The normalized spacial score (nSPS) is 19.3. The molecule has 24 heteroatoms. The van der Waals surface area contributed by atoms with Crippen LogP contribution in [0.2, 0.25) is 0 Å². The van der Waals surface area contributed by atoms with Gasteiger partial charge in [0.1, 0.15) is 29.9 Å². The number of carbonyl (C=O) groups is 9. The zero-order valence-corrected chi connectivity index (χ0v) is 46.4. The molecular formula is C60H62F2N9O12P. The summed E-state index contributed by atoms with van der Waals surface area (Å²) in [5.41, 5.74) is 2.59. The van der Waals surface area contributed by atoms with E-state index in [9.17, 15) is 61.5 Å². The first-order valence-corrected chi connectivity index (χ1v) is 29.3. The molecule has 4 aliphatic heterocycles. The van der Waals surface area contributed by atoms with Gasteiger partial charge in [-0.1, -0.05) is 103 Å². The van der Waals surface area contributed by atoms with Crippen molar-refractivity contribution in [1.82, 2.24) is 41.0 Å². The maximum atomic E-state index is 15.1. The number of fused-ring (bicyclic) bond motifs is 3. The quantitative estimate of drug-likeness (QED) is 0.0258. The van der Waals surface area contributed by atoms with Crippen molar-refractivity contribution >= 4 is 71.7 Å². The Hall–Kier alpha value is -8.71. The van der Waals surface area contributed by atoms with Crippen LogP contribution in [0.25, 0.3) is 10.9 Å². The Morgan fingerprint density at radius 1 is 0.833 bits per heavy atom. The maximum absolute atomic E-state index is 15.1. The van der Waals surface area contributed by atoms with Gasteiger partial charge in [-0.25, -0.2) is 4.98 Å². The van der Waals surface area contributed by atoms with Crippen LogP contribution in [-0.2, 0) is 50.3 Å². The number of halogens is 2. The van der Waals surface area contributed by atoms with Gasteiger partial charge in [0, 0.05) is 73.4 Å². The Bertz CT molecular complexity index is 3480. The smallest absolute Gasteiger partial charge is 0.370 e. The summed E-state index contributed by atoms with van der Waals surface area (Å²) in [6.07, 6.45) is 2.72. The van der Waals surface area contributed by atoms with E-state index in [2.05, 4.69) is 38.1 Å². The van der Waals surface area contributed by atoms with Crippen molar-refractivity contribution in [3.05, 3.63) is 148 Å². The lowest BCUT2D eigenvalue weighted by molar-refractivity contribution is -0.145. The van der Waals surface area contributed by atoms with Crippen LogP contribution in [0.3, 0.4) is 0 Å². The molecule has 5 heterocycles. The van der Waals surface area contributed by atoms with Gasteiger partial charge in [0.05, 0.1) is 11.6 Å². The zero-order valence-electron chi connectivity index (χ0n) is 45.5. The second-order valence-corrected chi connectivity index (χ2v) is 22.9. The van der Waals surface area contributed by atoms with E-state index >= 15 is 4.79 Å². The summed E-state index contributed by atoms with van der Waals surface area (Å²) in [5, 5.41) is 11.0. The summed E-state index contributed by atoms with van der Waals surface area (Å²) >= 11 is 0. The number of nitrogens with zero attached hydrogens (tertiary/aromatic N) is 4. The summed E-state index contributed by atoms with van der Waals surface area (Å²) in [6, 6.07) is 22.8. The first-order chi connectivity index (χ1) is 40.2. The largest absolute Gasteiger partial charge is 0.399 e. The molecule has 438 valence electrons. The fourth-order valence-corrected chi connectivity index (χ4v) is 11.7. The van der Waals surface area contributed by atoms with Crippen LogP contribution in [0.15, 0.2) is 109 Å². The standard InChI is InChI=1S/C60H62F2N9O12P/c61-60(62,84(81,82)83)40-23-21-37-22-25-44(64-46(37)33-40)54(75)66-47-35-69(52(74)20-11-3-1-2-6-13-36-18-12-19-42-43(36)34-70(58(42)79)48-28-30-51(73)67-56(48)77)32-31-41-24-27-49(71(41)59(47)80)57(78)65-45(26-29-50(63)72)55(76)68-53(38-14-7-4-8-15-38)39-16-9-5-10-17-39/h4-5,7-10,12,14-19,21-23,25,33,41,45,47-49,53H,1-3,11,20,24,26-32,34-35H2,(H2,63,72)(H,65,78)(H,66,75)(H,68,76)(H,67,73,77)(H2,81,82,83)/t41-,45?,47+,48?,49+/m1/s1. The van der Waals surface area contributed by atoms with E-state index in [1.807, 2.05) is 60.7 Å². The van der Waals surface area contributed by atoms with Gasteiger partial charge in [-0.05, 0) is 85.9 Å². The first-order valence-electron chi connectivity index (χ1n) is 27.7. The summed E-state index contributed by atoms with van der Waals surface area (Å²) in [6.45, 7) is -0.0669. The van der Waals surface area contributed by atoms with Crippen molar-refractivity contribution in [2.45, 2.75) is 126 Å². The number of piperidine rings is 1. The number of alkyl halides is 2. The van der Waals surface area contributed by atoms with E-state index in [0.29, 0.717) is 48.8 Å². The summed E-state index contributed by atoms with van der Waals surface area (Å²) in [7, 11) is -5.97.